The fourth-order valence-electron chi connectivity index (χ4n) is 3.22. The molecule has 0 unspecified atom stereocenters. The molecule has 10 nitrogen and oxygen atoms in total. The Bertz CT molecular complexity index is 940. The number of aryl methyl sites for hydroxylation is 1. The van der Waals surface area contributed by atoms with Gasteiger partial charge < -0.3 is 25.1 Å². The van der Waals surface area contributed by atoms with E-state index in [1.807, 2.05) is 0 Å². The quantitative estimate of drug-likeness (QED) is 0.433. The summed E-state index contributed by atoms with van der Waals surface area (Å²) in [7, 11) is 2.16. The first-order chi connectivity index (χ1) is 18.6. The molecule has 0 aromatic carbocycles. The van der Waals surface area contributed by atoms with Crippen LogP contribution in [-0.4, -0.2) is 113 Å². The van der Waals surface area contributed by atoms with E-state index in [4.69, 9.17) is 34.7 Å². The Balaban J connectivity index is 0.000000631. The molecule has 3 N–H and O–H groups in total. The molecule has 3 heterocycles. The minimum Gasteiger partial charge on any atom is -0.475 e. The molecule has 19 heteroatoms. The van der Waals surface area contributed by atoms with Gasteiger partial charge in [-0.1, -0.05) is 6.07 Å². The van der Waals surface area contributed by atoms with Gasteiger partial charge in [0.1, 0.15) is 5.82 Å². The normalized spacial score (nSPS) is 16.0. The van der Waals surface area contributed by atoms with Crippen molar-refractivity contribution in [3.8, 4) is 0 Å². The van der Waals surface area contributed by atoms with Crippen molar-refractivity contribution >= 4 is 23.7 Å². The molecule has 1 saturated heterocycles. The highest BCUT2D eigenvalue weighted by Gasteiger charge is 2.39. The van der Waals surface area contributed by atoms with E-state index in [1.165, 1.54) is 50.4 Å². The lowest BCUT2D eigenvalue weighted by Gasteiger charge is -2.23. The zero-order chi connectivity index (χ0) is 32.2. The Labute approximate surface area is 227 Å². The second-order valence-corrected chi connectivity index (χ2v) is 8.59. The van der Waals surface area contributed by atoms with Crippen LogP contribution in [0, 0.1) is 6.92 Å². The molecule has 2 aliphatic rings. The highest BCUT2D eigenvalue weighted by molar-refractivity contribution is 5.73. The minimum atomic E-state index is -5.08. The van der Waals surface area contributed by atoms with Crippen LogP contribution in [0.5, 0.6) is 0 Å². The molecule has 3 rings (SSSR count). The molecule has 236 valence electrons. The van der Waals surface area contributed by atoms with Gasteiger partial charge in [-0.05, 0) is 38.9 Å². The monoisotopic (exact) mass is 616 g/mol. The standard InChI is InChI=1S/C16H26N4.3C2HF3O2/c1-14-5-6-15-13-20(10-9-18(2)16(15)17-14)12-11-19-7-3-4-8-19;3*3-2(4,5)1(6)7/h5-6H,3-4,7-13H2,1-2H3;3*(H,6,7). The van der Waals surface area contributed by atoms with Crippen LogP contribution in [0.2, 0.25) is 0 Å². The number of hydrogen-bond donors (Lipinski definition) is 3. The van der Waals surface area contributed by atoms with E-state index in [1.54, 1.807) is 0 Å². The number of likely N-dealkylation sites (N-methyl/N-ethyl adjacent to an activating group) is 1. The first-order valence-electron chi connectivity index (χ1n) is 11.6. The number of nitrogens with zero attached hydrogens (tertiary/aromatic N) is 4. The molecule has 1 aromatic rings. The summed E-state index contributed by atoms with van der Waals surface area (Å²) in [4.78, 5) is 38.9. The molecule has 0 aliphatic carbocycles. The van der Waals surface area contributed by atoms with Crippen molar-refractivity contribution in [2.45, 2.75) is 44.8 Å². The van der Waals surface area contributed by atoms with Gasteiger partial charge in [-0.15, -0.1) is 0 Å². The fourth-order valence-corrected chi connectivity index (χ4v) is 3.22. The number of aliphatic carboxylic acids is 3. The van der Waals surface area contributed by atoms with Crippen molar-refractivity contribution in [2.75, 3.05) is 51.2 Å². The van der Waals surface area contributed by atoms with E-state index >= 15 is 0 Å². The molecule has 1 fully saturated rings. The summed E-state index contributed by atoms with van der Waals surface area (Å²) in [6, 6.07) is 4.39. The summed E-state index contributed by atoms with van der Waals surface area (Å²) in [6.45, 7) is 10.3. The summed E-state index contributed by atoms with van der Waals surface area (Å²) in [5.41, 5.74) is 2.48. The maximum absolute atomic E-state index is 10.6. The van der Waals surface area contributed by atoms with Gasteiger partial charge in [0.05, 0.1) is 0 Å². The summed E-state index contributed by atoms with van der Waals surface area (Å²) in [5, 5.41) is 21.4. The molecule has 0 atom stereocenters. The van der Waals surface area contributed by atoms with Gasteiger partial charge in [0.25, 0.3) is 0 Å². The lowest BCUT2D eigenvalue weighted by atomic mass is 10.2. The van der Waals surface area contributed by atoms with Crippen LogP contribution in [-0.2, 0) is 20.9 Å². The van der Waals surface area contributed by atoms with Crippen molar-refractivity contribution in [1.82, 2.24) is 14.8 Å². The largest absolute Gasteiger partial charge is 0.490 e. The van der Waals surface area contributed by atoms with Gasteiger partial charge in [-0.3, -0.25) is 4.90 Å². The van der Waals surface area contributed by atoms with Crippen LogP contribution >= 0.6 is 0 Å². The topological polar surface area (TPSA) is 135 Å². The van der Waals surface area contributed by atoms with Gasteiger partial charge in [0.15, 0.2) is 0 Å². The second kappa shape index (κ2) is 16.2. The third-order valence-corrected chi connectivity index (χ3v) is 5.26. The highest BCUT2D eigenvalue weighted by Crippen LogP contribution is 2.22. The summed E-state index contributed by atoms with van der Waals surface area (Å²) in [6.07, 6.45) is -12.5. The lowest BCUT2D eigenvalue weighted by molar-refractivity contribution is -0.193. The number of carboxylic acid groups (broad SMARTS) is 3. The minimum absolute atomic E-state index is 1.04. The molecule has 2 aliphatic heterocycles. The third-order valence-electron chi connectivity index (χ3n) is 5.26. The van der Waals surface area contributed by atoms with Gasteiger partial charge >= 0.3 is 36.4 Å². The molecule has 0 spiro atoms. The Kier molecular flexibility index (Phi) is 14.9. The van der Waals surface area contributed by atoms with E-state index in [9.17, 15) is 39.5 Å². The zero-order valence-corrected chi connectivity index (χ0v) is 21.8. The number of carboxylic acids is 3. The Morgan fingerprint density at radius 3 is 1.51 bits per heavy atom. The third kappa shape index (κ3) is 15.9. The first kappa shape index (κ1) is 37.6. The van der Waals surface area contributed by atoms with Gasteiger partial charge in [0.2, 0.25) is 0 Å². The molecule has 0 bridgehead atoms. The van der Waals surface area contributed by atoms with Crippen LogP contribution in [0.25, 0.3) is 0 Å². The highest BCUT2D eigenvalue weighted by atomic mass is 19.4. The van der Waals surface area contributed by atoms with Crippen LogP contribution < -0.4 is 4.90 Å². The number of halogens is 9. The zero-order valence-electron chi connectivity index (χ0n) is 21.8. The maximum atomic E-state index is 10.6. The Morgan fingerprint density at radius 1 is 0.732 bits per heavy atom. The van der Waals surface area contributed by atoms with Crippen LogP contribution in [0.4, 0.5) is 45.3 Å². The number of carbonyl (C=O) groups is 3. The molecule has 41 heavy (non-hydrogen) atoms. The van der Waals surface area contributed by atoms with Crippen molar-refractivity contribution in [3.63, 3.8) is 0 Å². The van der Waals surface area contributed by atoms with E-state index in [-0.39, 0.29) is 0 Å². The van der Waals surface area contributed by atoms with Crippen LogP contribution in [0.15, 0.2) is 12.1 Å². The predicted molar refractivity (Wildman–Crippen MR) is 124 cm³/mol. The second-order valence-electron chi connectivity index (χ2n) is 8.59. The van der Waals surface area contributed by atoms with Crippen LogP contribution in [0.1, 0.15) is 24.1 Å². The number of hydrogen-bond acceptors (Lipinski definition) is 7. The molecule has 1 aromatic heterocycles. The summed E-state index contributed by atoms with van der Waals surface area (Å²) < 4.78 is 95.2. The SMILES string of the molecule is Cc1ccc2c(n1)N(C)CCN(CCN1CCCC1)C2.O=C(O)C(F)(F)F.O=C(O)C(F)(F)F.O=C(O)C(F)(F)F. The molecule has 0 amide bonds. The van der Waals surface area contributed by atoms with E-state index in [0.717, 1.165) is 25.3 Å². The van der Waals surface area contributed by atoms with Gasteiger partial charge in [0, 0.05) is 51.0 Å². The van der Waals surface area contributed by atoms with Gasteiger partial charge in [-0.25, -0.2) is 19.4 Å². The number of anilines is 1. The molecular weight excluding hydrogens is 587 g/mol. The lowest BCUT2D eigenvalue weighted by Crippen LogP contribution is -2.35. The number of fused-ring (bicyclic) bond motifs is 1. The first-order valence-corrected chi connectivity index (χ1v) is 11.6. The molecule has 0 saturated carbocycles. The maximum Gasteiger partial charge on any atom is 0.490 e. The average molecular weight is 616 g/mol. The van der Waals surface area contributed by atoms with Gasteiger partial charge in [-0.2, -0.15) is 39.5 Å². The fraction of sp³-hybridized carbons (Fsp3) is 0.636. The summed E-state index contributed by atoms with van der Waals surface area (Å²) in [5.74, 6) is -7.10. The van der Waals surface area contributed by atoms with Crippen molar-refractivity contribution < 1.29 is 69.2 Å². The van der Waals surface area contributed by atoms with Crippen molar-refractivity contribution in [3.05, 3.63) is 23.4 Å². The molecule has 0 radical (unpaired) electrons. The summed E-state index contributed by atoms with van der Waals surface area (Å²) >= 11 is 0. The van der Waals surface area contributed by atoms with Crippen molar-refractivity contribution in [1.29, 1.82) is 0 Å². The van der Waals surface area contributed by atoms with Crippen molar-refractivity contribution in [2.24, 2.45) is 0 Å². The number of aromatic nitrogens is 1. The smallest absolute Gasteiger partial charge is 0.475 e. The Hall–Kier alpha value is -3.35. The van der Waals surface area contributed by atoms with Crippen LogP contribution in [0.3, 0.4) is 0 Å². The number of pyridine rings is 1. The molecular formula is C22H29F9N4O6. The Morgan fingerprint density at radius 2 is 1.12 bits per heavy atom. The predicted octanol–water partition coefficient (Wildman–Crippen LogP) is 3.64. The van der Waals surface area contributed by atoms with E-state index in [0.29, 0.717) is 0 Å². The van der Waals surface area contributed by atoms with E-state index < -0.39 is 36.4 Å². The average Bonchev–Trinajstić information content (AvgIpc) is 3.29. The van der Waals surface area contributed by atoms with E-state index in [2.05, 4.69) is 40.8 Å². The number of alkyl halides is 9. The number of likely N-dealkylation sites (tertiary alicyclic amines) is 1. The number of rotatable bonds is 3.